The zero-order valence-corrected chi connectivity index (χ0v) is 17.4. The maximum absolute atomic E-state index is 12.9. The van der Waals surface area contributed by atoms with Crippen LogP contribution in [0, 0.1) is 17.3 Å². The Balaban J connectivity index is 5.58. The Bertz CT molecular complexity index is 455. The van der Waals surface area contributed by atoms with Crippen LogP contribution in [0.2, 0.25) is 0 Å². The van der Waals surface area contributed by atoms with E-state index in [4.69, 9.17) is 0 Å². The minimum absolute atomic E-state index is 0.0124. The van der Waals surface area contributed by atoms with Crippen molar-refractivity contribution in [3.05, 3.63) is 12.2 Å². The third kappa shape index (κ3) is 7.06. The number of likely N-dealkylation sites (N-methyl/N-ethyl adjacent to an activating group) is 1. The van der Waals surface area contributed by atoms with Gasteiger partial charge in [0.15, 0.2) is 0 Å². The molecule has 0 aromatic rings. The fourth-order valence-corrected chi connectivity index (χ4v) is 2.74. The number of carbonyl (C=O) groups excluding carboxylic acids is 2. The average molecular weight is 339 g/mol. The van der Waals surface area contributed by atoms with E-state index in [2.05, 4.69) is 25.2 Å². The van der Waals surface area contributed by atoms with Gasteiger partial charge in [0, 0.05) is 18.0 Å². The fraction of sp³-hybridized carbons (Fsp3) is 0.800. The number of amides is 2. The number of nitrogens with zero attached hydrogens (tertiary/aromatic N) is 1. The van der Waals surface area contributed by atoms with Crippen molar-refractivity contribution in [1.82, 2.24) is 10.2 Å². The molecule has 1 N–H and O–H groups in total. The molecule has 0 saturated heterocycles. The molecule has 2 amide bonds. The van der Waals surface area contributed by atoms with Crippen molar-refractivity contribution in [2.45, 2.75) is 80.3 Å². The first-order valence-corrected chi connectivity index (χ1v) is 8.92. The van der Waals surface area contributed by atoms with E-state index < -0.39 is 11.5 Å². The van der Waals surface area contributed by atoms with Gasteiger partial charge in [-0.2, -0.15) is 0 Å². The third-order valence-corrected chi connectivity index (χ3v) is 4.29. The Labute approximate surface area is 149 Å². The van der Waals surface area contributed by atoms with Crippen molar-refractivity contribution in [1.29, 1.82) is 0 Å². The largest absolute Gasteiger partial charge is 0.350 e. The number of hydrogen-bond acceptors (Lipinski definition) is 2. The summed E-state index contributed by atoms with van der Waals surface area (Å²) in [5.74, 6) is 0.260. The lowest BCUT2D eigenvalue weighted by Gasteiger charge is -2.39. The van der Waals surface area contributed by atoms with Crippen molar-refractivity contribution in [3.8, 4) is 0 Å². The van der Waals surface area contributed by atoms with E-state index in [-0.39, 0.29) is 23.3 Å². The van der Waals surface area contributed by atoms with Gasteiger partial charge in [0.25, 0.3) is 0 Å². The van der Waals surface area contributed by atoms with Crippen LogP contribution >= 0.6 is 0 Å². The van der Waals surface area contributed by atoms with Crippen LogP contribution in [0.4, 0.5) is 0 Å². The zero-order valence-electron chi connectivity index (χ0n) is 17.4. The van der Waals surface area contributed by atoms with Crippen LogP contribution in [0.25, 0.3) is 0 Å². The van der Waals surface area contributed by atoms with Gasteiger partial charge in [0.2, 0.25) is 11.8 Å². The molecule has 0 spiro atoms. The summed E-state index contributed by atoms with van der Waals surface area (Å²) in [4.78, 5) is 27.3. The summed E-state index contributed by atoms with van der Waals surface area (Å²) in [6.45, 7) is 17.7. The van der Waals surface area contributed by atoms with Gasteiger partial charge in [-0.15, -0.1) is 0 Å². The summed E-state index contributed by atoms with van der Waals surface area (Å²) in [6, 6.07) is -0.476. The SMILES string of the molecule is C/C=C/C[C@@H](C)[C@@H](C)[C@@H](C(=O)NC(C)(C)C)N(C)C(=O)C(C)(C)C. The molecular formula is C20H38N2O2. The maximum Gasteiger partial charge on any atom is 0.243 e. The number of hydrogen-bond donors (Lipinski definition) is 1. The molecule has 0 aliphatic carbocycles. The smallest absolute Gasteiger partial charge is 0.243 e. The molecule has 4 heteroatoms. The lowest BCUT2D eigenvalue weighted by molar-refractivity contribution is -0.147. The van der Waals surface area contributed by atoms with Crippen LogP contribution in [0.1, 0.15) is 68.7 Å². The minimum Gasteiger partial charge on any atom is -0.350 e. The predicted octanol–water partition coefficient (Wildman–Crippen LogP) is 4.01. The van der Waals surface area contributed by atoms with E-state index in [1.807, 2.05) is 54.5 Å². The summed E-state index contributed by atoms with van der Waals surface area (Å²) < 4.78 is 0. The van der Waals surface area contributed by atoms with Gasteiger partial charge in [-0.3, -0.25) is 9.59 Å². The standard InChI is InChI=1S/C20H38N2O2/c1-11-12-13-14(2)15(3)16(17(23)21-20(7,8)9)22(10)18(24)19(4,5)6/h11-12,14-16H,13H2,1-10H3,(H,21,23)/b12-11+/t14-,15-,16+/m1/s1. The number of carbonyl (C=O) groups is 2. The molecule has 3 atom stereocenters. The normalized spacial score (nSPS) is 16.6. The highest BCUT2D eigenvalue weighted by Crippen LogP contribution is 2.27. The van der Waals surface area contributed by atoms with Gasteiger partial charge in [-0.05, 0) is 46.0 Å². The first kappa shape index (κ1) is 22.7. The van der Waals surface area contributed by atoms with E-state index in [9.17, 15) is 9.59 Å². The molecule has 0 heterocycles. The van der Waals surface area contributed by atoms with Crippen LogP contribution in [0.3, 0.4) is 0 Å². The molecule has 140 valence electrons. The molecule has 4 nitrogen and oxygen atoms in total. The lowest BCUT2D eigenvalue weighted by Crippen LogP contribution is -2.57. The van der Waals surface area contributed by atoms with E-state index in [0.717, 1.165) is 6.42 Å². The first-order valence-electron chi connectivity index (χ1n) is 8.92. The molecule has 0 unspecified atom stereocenters. The van der Waals surface area contributed by atoms with E-state index in [0.29, 0.717) is 5.92 Å². The van der Waals surface area contributed by atoms with Crippen LogP contribution < -0.4 is 5.32 Å². The quantitative estimate of drug-likeness (QED) is 0.744. The monoisotopic (exact) mass is 338 g/mol. The Morgan fingerprint density at radius 3 is 1.96 bits per heavy atom. The highest BCUT2D eigenvalue weighted by molar-refractivity contribution is 5.90. The van der Waals surface area contributed by atoms with E-state index in [1.54, 1.807) is 11.9 Å². The van der Waals surface area contributed by atoms with Crippen LogP contribution in [-0.4, -0.2) is 35.3 Å². The second kappa shape index (κ2) is 8.68. The second-order valence-corrected chi connectivity index (χ2v) is 8.99. The van der Waals surface area contributed by atoms with Gasteiger partial charge < -0.3 is 10.2 Å². The Morgan fingerprint density at radius 2 is 1.58 bits per heavy atom. The number of rotatable bonds is 6. The number of nitrogens with one attached hydrogen (secondary N) is 1. The summed E-state index contributed by atoms with van der Waals surface area (Å²) in [7, 11) is 1.75. The number of allylic oxidation sites excluding steroid dienone is 2. The van der Waals surface area contributed by atoms with E-state index in [1.165, 1.54) is 0 Å². The Morgan fingerprint density at radius 1 is 1.08 bits per heavy atom. The molecule has 0 aromatic heterocycles. The Kier molecular flexibility index (Phi) is 8.20. The molecule has 0 fully saturated rings. The van der Waals surface area contributed by atoms with Gasteiger partial charge >= 0.3 is 0 Å². The summed E-state index contributed by atoms with van der Waals surface area (Å²) in [5, 5.41) is 3.05. The molecule has 0 aliphatic heterocycles. The average Bonchev–Trinajstić information content (AvgIpc) is 2.40. The highest BCUT2D eigenvalue weighted by atomic mass is 16.2. The highest BCUT2D eigenvalue weighted by Gasteiger charge is 2.38. The van der Waals surface area contributed by atoms with Crippen molar-refractivity contribution in [2.24, 2.45) is 17.3 Å². The first-order chi connectivity index (χ1) is 10.7. The topological polar surface area (TPSA) is 49.4 Å². The van der Waals surface area contributed by atoms with Crippen LogP contribution in [0.15, 0.2) is 12.2 Å². The third-order valence-electron chi connectivity index (χ3n) is 4.29. The zero-order chi connectivity index (χ0) is 19.3. The molecule has 0 aliphatic rings. The van der Waals surface area contributed by atoms with Crippen molar-refractivity contribution >= 4 is 11.8 Å². The van der Waals surface area contributed by atoms with Gasteiger partial charge in [0.05, 0.1) is 0 Å². The minimum atomic E-state index is -0.513. The molecule has 0 rings (SSSR count). The molecule has 0 saturated carbocycles. The summed E-state index contributed by atoms with van der Waals surface area (Å²) >= 11 is 0. The summed E-state index contributed by atoms with van der Waals surface area (Å²) in [5.41, 5.74) is -0.839. The van der Waals surface area contributed by atoms with Gasteiger partial charge in [0.1, 0.15) is 6.04 Å². The lowest BCUT2D eigenvalue weighted by atomic mass is 9.83. The van der Waals surface area contributed by atoms with Crippen molar-refractivity contribution in [3.63, 3.8) is 0 Å². The van der Waals surface area contributed by atoms with Gasteiger partial charge in [-0.1, -0.05) is 46.8 Å². The fourth-order valence-electron chi connectivity index (χ4n) is 2.74. The Hall–Kier alpha value is -1.32. The summed E-state index contributed by atoms with van der Waals surface area (Å²) in [6.07, 6.45) is 5.04. The van der Waals surface area contributed by atoms with Crippen LogP contribution in [-0.2, 0) is 9.59 Å². The van der Waals surface area contributed by atoms with E-state index >= 15 is 0 Å². The predicted molar refractivity (Wildman–Crippen MR) is 102 cm³/mol. The molecule has 24 heavy (non-hydrogen) atoms. The molecule has 0 bridgehead atoms. The van der Waals surface area contributed by atoms with Crippen molar-refractivity contribution < 1.29 is 9.59 Å². The maximum atomic E-state index is 12.9. The second-order valence-electron chi connectivity index (χ2n) is 8.99. The molecule has 0 aromatic carbocycles. The molecule has 0 radical (unpaired) electrons. The molecular weight excluding hydrogens is 300 g/mol. The van der Waals surface area contributed by atoms with Crippen molar-refractivity contribution in [2.75, 3.05) is 7.05 Å². The van der Waals surface area contributed by atoms with Gasteiger partial charge in [-0.25, -0.2) is 0 Å². The van der Waals surface area contributed by atoms with Crippen LogP contribution in [0.5, 0.6) is 0 Å².